The van der Waals surface area contributed by atoms with Gasteiger partial charge in [0.2, 0.25) is 0 Å². The topological polar surface area (TPSA) is 60.4 Å². The predicted molar refractivity (Wildman–Crippen MR) is 32.4 cm³/mol. The van der Waals surface area contributed by atoms with Crippen LogP contribution in [0, 0.1) is 0 Å². The Labute approximate surface area is 123 Å². The summed E-state index contributed by atoms with van der Waals surface area (Å²) in [5.74, 6) is -1.62. The van der Waals surface area contributed by atoms with Crippen molar-refractivity contribution in [3.63, 3.8) is 0 Å². The number of aromatic hydroxyl groups is 1. The molecule has 0 unspecified atom stereocenters. The van der Waals surface area contributed by atoms with Crippen LogP contribution in [0.1, 0.15) is 10.4 Å². The fourth-order valence-corrected chi connectivity index (χ4v) is 0.646. The molecule has 0 aromatic heterocycles. The Morgan fingerprint density at radius 3 is 2.27 bits per heavy atom. The van der Waals surface area contributed by atoms with E-state index in [0.717, 1.165) is 0 Å². The third kappa shape index (κ3) is 3.18. The van der Waals surface area contributed by atoms with Crippen LogP contribution in [-0.2, 0) is 0 Å². The van der Waals surface area contributed by atoms with Gasteiger partial charge in [-0.2, -0.15) is 0 Å². The predicted octanol–water partition coefficient (Wildman–Crippen LogP) is -3.24. The first-order valence-corrected chi connectivity index (χ1v) is 2.71. The van der Waals surface area contributed by atoms with Crippen molar-refractivity contribution in [2.75, 3.05) is 0 Å². The maximum absolute atomic E-state index is 10.2. The Bertz CT molecular complexity index is 260. The van der Waals surface area contributed by atoms with Crippen LogP contribution in [0.2, 0.25) is 0 Å². The van der Waals surface area contributed by atoms with Gasteiger partial charge in [0.25, 0.3) is 0 Å². The SMILES string of the molecule is O=C([O-])c1ccccc1O.[Cs+]. The Morgan fingerprint density at radius 1 is 1.36 bits per heavy atom. The average molecular weight is 270 g/mol. The fraction of sp³-hybridized carbons (Fsp3) is 0. The van der Waals surface area contributed by atoms with Gasteiger partial charge in [-0.05, 0) is 12.1 Å². The van der Waals surface area contributed by atoms with Crippen LogP contribution >= 0.6 is 0 Å². The Kier molecular flexibility index (Phi) is 5.49. The average Bonchev–Trinajstić information content (AvgIpc) is 1.88. The van der Waals surface area contributed by atoms with E-state index in [-0.39, 0.29) is 80.2 Å². The van der Waals surface area contributed by atoms with Crippen LogP contribution in [0.4, 0.5) is 0 Å². The van der Waals surface area contributed by atoms with Gasteiger partial charge in [-0.1, -0.05) is 12.1 Å². The van der Waals surface area contributed by atoms with Crippen molar-refractivity contribution in [3.8, 4) is 5.75 Å². The molecular weight excluding hydrogens is 265 g/mol. The largest absolute Gasteiger partial charge is 1.00 e. The second-order valence-electron chi connectivity index (χ2n) is 1.80. The quantitative estimate of drug-likeness (QED) is 0.583. The van der Waals surface area contributed by atoms with Crippen molar-refractivity contribution >= 4 is 5.97 Å². The van der Waals surface area contributed by atoms with E-state index in [2.05, 4.69) is 0 Å². The van der Waals surface area contributed by atoms with Crippen molar-refractivity contribution in [1.82, 2.24) is 0 Å². The number of hydrogen-bond donors (Lipinski definition) is 1. The number of benzene rings is 1. The molecule has 0 spiro atoms. The number of carboxylic acid groups (broad SMARTS) is 1. The second-order valence-corrected chi connectivity index (χ2v) is 1.80. The van der Waals surface area contributed by atoms with E-state index in [0.29, 0.717) is 0 Å². The van der Waals surface area contributed by atoms with Crippen LogP contribution < -0.4 is 74.0 Å². The molecule has 52 valence electrons. The third-order valence-electron chi connectivity index (χ3n) is 1.12. The van der Waals surface area contributed by atoms with Crippen LogP contribution in [0.3, 0.4) is 0 Å². The number of carbonyl (C=O) groups is 1. The summed E-state index contributed by atoms with van der Waals surface area (Å²) in [5.41, 5.74) is -0.178. The van der Waals surface area contributed by atoms with Gasteiger partial charge in [-0.15, -0.1) is 0 Å². The minimum absolute atomic E-state index is 0. The van der Waals surface area contributed by atoms with E-state index < -0.39 is 5.97 Å². The van der Waals surface area contributed by atoms with Gasteiger partial charge in [0.05, 0.1) is 5.97 Å². The van der Waals surface area contributed by atoms with E-state index in [1.54, 1.807) is 6.07 Å². The molecule has 1 N–H and O–H groups in total. The molecule has 1 aromatic rings. The molecule has 0 fully saturated rings. The number of carboxylic acids is 1. The number of para-hydroxylation sites is 1. The Hall–Kier alpha value is 0.542. The smallest absolute Gasteiger partial charge is 0.545 e. The minimum Gasteiger partial charge on any atom is -0.545 e. The summed E-state index contributed by atoms with van der Waals surface area (Å²) in [4.78, 5) is 10.2. The molecule has 0 radical (unpaired) electrons. The standard InChI is InChI=1S/C7H6O3.Cs/c8-6-4-2-1-3-5(6)7(9)10;/h1-4,8H,(H,9,10);/q;+1/p-1. The minimum atomic E-state index is -1.36. The number of hydrogen-bond acceptors (Lipinski definition) is 3. The Balaban J connectivity index is 0.000001000. The maximum Gasteiger partial charge on any atom is 1.00 e. The molecule has 0 atom stereocenters. The van der Waals surface area contributed by atoms with Crippen LogP contribution in [-0.4, -0.2) is 11.1 Å². The molecule has 0 amide bonds. The monoisotopic (exact) mass is 270 g/mol. The number of phenols is 1. The molecule has 1 aromatic carbocycles. The van der Waals surface area contributed by atoms with E-state index in [1.807, 2.05) is 0 Å². The molecule has 1 rings (SSSR count). The van der Waals surface area contributed by atoms with Gasteiger partial charge in [0, 0.05) is 5.56 Å². The summed E-state index contributed by atoms with van der Waals surface area (Å²) < 4.78 is 0. The summed E-state index contributed by atoms with van der Waals surface area (Å²) in [5, 5.41) is 19.0. The second kappa shape index (κ2) is 5.23. The van der Waals surface area contributed by atoms with Gasteiger partial charge in [0.15, 0.2) is 0 Å². The van der Waals surface area contributed by atoms with Gasteiger partial charge in [-0.25, -0.2) is 0 Å². The summed E-state index contributed by atoms with van der Waals surface area (Å²) in [6.45, 7) is 0. The molecule has 4 heteroatoms. The fourth-order valence-electron chi connectivity index (χ4n) is 0.646. The van der Waals surface area contributed by atoms with Crippen molar-refractivity contribution in [2.24, 2.45) is 0 Å². The summed E-state index contributed by atoms with van der Waals surface area (Å²) >= 11 is 0. The van der Waals surface area contributed by atoms with E-state index in [9.17, 15) is 9.90 Å². The first kappa shape index (κ1) is 11.5. The van der Waals surface area contributed by atoms with Crippen LogP contribution in [0.15, 0.2) is 24.3 Å². The van der Waals surface area contributed by atoms with Gasteiger partial charge < -0.3 is 15.0 Å². The molecular formula is C7H5CsO3. The first-order chi connectivity index (χ1) is 4.72. The molecule has 0 saturated heterocycles. The summed E-state index contributed by atoms with van der Waals surface area (Å²) in [6, 6.07) is 5.64. The van der Waals surface area contributed by atoms with Crippen molar-refractivity contribution in [3.05, 3.63) is 29.8 Å². The van der Waals surface area contributed by atoms with Crippen molar-refractivity contribution in [2.45, 2.75) is 0 Å². The zero-order valence-electron chi connectivity index (χ0n) is 6.07. The molecule has 0 bridgehead atoms. The normalized spacial score (nSPS) is 8.36. The van der Waals surface area contributed by atoms with Gasteiger partial charge >= 0.3 is 68.9 Å². The van der Waals surface area contributed by atoms with Crippen molar-refractivity contribution in [1.29, 1.82) is 0 Å². The molecule has 0 aliphatic heterocycles. The van der Waals surface area contributed by atoms with Crippen molar-refractivity contribution < 1.29 is 83.9 Å². The summed E-state index contributed by atoms with van der Waals surface area (Å²) in [6.07, 6.45) is 0. The molecule has 0 saturated carbocycles. The summed E-state index contributed by atoms with van der Waals surface area (Å²) in [7, 11) is 0. The third-order valence-corrected chi connectivity index (χ3v) is 1.12. The molecule has 0 aliphatic rings. The van der Waals surface area contributed by atoms with Gasteiger partial charge in [-0.3, -0.25) is 0 Å². The zero-order chi connectivity index (χ0) is 7.56. The van der Waals surface area contributed by atoms with E-state index >= 15 is 0 Å². The number of aromatic carboxylic acids is 1. The molecule has 0 aliphatic carbocycles. The van der Waals surface area contributed by atoms with Gasteiger partial charge in [0.1, 0.15) is 5.75 Å². The first-order valence-electron chi connectivity index (χ1n) is 2.71. The zero-order valence-corrected chi connectivity index (χ0v) is 12.4. The Morgan fingerprint density at radius 2 is 1.91 bits per heavy atom. The number of carbonyl (C=O) groups excluding carboxylic acids is 1. The van der Waals surface area contributed by atoms with Crippen LogP contribution in [0.25, 0.3) is 0 Å². The molecule has 11 heavy (non-hydrogen) atoms. The van der Waals surface area contributed by atoms with E-state index in [4.69, 9.17) is 5.11 Å². The maximum atomic E-state index is 10.2. The molecule has 0 heterocycles. The molecule has 3 nitrogen and oxygen atoms in total. The van der Waals surface area contributed by atoms with E-state index in [1.165, 1.54) is 18.2 Å². The number of rotatable bonds is 1. The van der Waals surface area contributed by atoms with Crippen LogP contribution in [0.5, 0.6) is 5.75 Å².